The summed E-state index contributed by atoms with van der Waals surface area (Å²) in [4.78, 5) is 29.3. The highest BCUT2D eigenvalue weighted by Crippen LogP contribution is 2.44. The number of ether oxygens (including phenoxy) is 2. The van der Waals surface area contributed by atoms with E-state index in [4.69, 9.17) is 9.47 Å². The van der Waals surface area contributed by atoms with Gasteiger partial charge in [0.2, 0.25) is 0 Å². The molecule has 0 spiro atoms. The van der Waals surface area contributed by atoms with Crippen molar-refractivity contribution in [3.8, 4) is 5.75 Å². The highest BCUT2D eigenvalue weighted by molar-refractivity contribution is 9.10. The number of amides is 2. The van der Waals surface area contributed by atoms with E-state index in [1.54, 1.807) is 7.11 Å². The van der Waals surface area contributed by atoms with Gasteiger partial charge in [-0.3, -0.25) is 9.69 Å². The molecule has 7 nitrogen and oxygen atoms in total. The Morgan fingerprint density at radius 1 is 1.09 bits per heavy atom. The van der Waals surface area contributed by atoms with E-state index in [-0.39, 0.29) is 24.1 Å². The van der Waals surface area contributed by atoms with E-state index < -0.39 is 0 Å². The Labute approximate surface area is 209 Å². The van der Waals surface area contributed by atoms with Crippen LogP contribution in [0.1, 0.15) is 38.2 Å². The van der Waals surface area contributed by atoms with Gasteiger partial charge in [0.15, 0.2) is 0 Å². The summed E-state index contributed by atoms with van der Waals surface area (Å²) in [6, 6.07) is 16.1. The zero-order valence-corrected chi connectivity index (χ0v) is 21.5. The van der Waals surface area contributed by atoms with Crippen molar-refractivity contribution in [2.24, 2.45) is 0 Å². The summed E-state index contributed by atoms with van der Waals surface area (Å²) in [6.07, 6.45) is 1.36. The van der Waals surface area contributed by atoms with Crippen molar-refractivity contribution in [3.63, 3.8) is 0 Å². The van der Waals surface area contributed by atoms with E-state index in [1.807, 2.05) is 29.2 Å². The number of anilines is 1. The predicted octanol–water partition coefficient (Wildman–Crippen LogP) is 4.87. The van der Waals surface area contributed by atoms with Gasteiger partial charge in [-0.2, -0.15) is 0 Å². The van der Waals surface area contributed by atoms with Gasteiger partial charge >= 0.3 is 12.0 Å². The largest absolute Gasteiger partial charge is 0.497 e. The number of nitrogens with zero attached hydrogens (tertiary/aromatic N) is 2. The van der Waals surface area contributed by atoms with E-state index in [0.29, 0.717) is 43.7 Å². The molecule has 0 saturated carbocycles. The van der Waals surface area contributed by atoms with Crippen LogP contribution in [0.5, 0.6) is 5.75 Å². The molecule has 4 atom stereocenters. The van der Waals surface area contributed by atoms with Crippen LogP contribution in [0, 0.1) is 0 Å². The standard InChI is InChI=1S/C26H32BrN3O4/c1-4-23-25(18-5-7-19(27)8-6-18)24-16-29(14-13-22(15-30(23)24)34-17(2)31)26(32)28-20-9-11-21(33-3)12-10-20/h5-12,22-25H,4,13-16H2,1-3H3,(H,28,32)/t22?,23-,24+,25+/m1/s1. The molecule has 2 aliphatic heterocycles. The Morgan fingerprint density at radius 3 is 2.41 bits per heavy atom. The van der Waals surface area contributed by atoms with Gasteiger partial charge in [-0.1, -0.05) is 35.0 Å². The van der Waals surface area contributed by atoms with Gasteiger partial charge in [0.05, 0.1) is 7.11 Å². The van der Waals surface area contributed by atoms with Crippen molar-refractivity contribution in [1.82, 2.24) is 9.80 Å². The van der Waals surface area contributed by atoms with Crippen LogP contribution in [0.3, 0.4) is 0 Å². The van der Waals surface area contributed by atoms with Crippen LogP contribution in [0.2, 0.25) is 0 Å². The van der Waals surface area contributed by atoms with E-state index in [2.05, 4.69) is 57.3 Å². The number of methoxy groups -OCH3 is 1. The topological polar surface area (TPSA) is 71.1 Å². The Hall–Kier alpha value is -2.58. The maximum absolute atomic E-state index is 13.3. The number of carbonyl (C=O) groups excluding carboxylic acids is 2. The monoisotopic (exact) mass is 529 g/mol. The van der Waals surface area contributed by atoms with Crippen LogP contribution in [-0.2, 0) is 9.53 Å². The van der Waals surface area contributed by atoms with E-state index >= 15 is 0 Å². The van der Waals surface area contributed by atoms with Crippen LogP contribution >= 0.6 is 15.9 Å². The van der Waals surface area contributed by atoms with Crippen LogP contribution in [0.25, 0.3) is 0 Å². The quantitative estimate of drug-likeness (QED) is 0.559. The van der Waals surface area contributed by atoms with E-state index in [1.165, 1.54) is 12.5 Å². The summed E-state index contributed by atoms with van der Waals surface area (Å²) < 4.78 is 11.9. The first kappa shape index (κ1) is 24.5. The number of benzene rings is 2. The molecular formula is C26H32BrN3O4. The lowest BCUT2D eigenvalue weighted by Crippen LogP contribution is -2.68. The number of urea groups is 1. The molecule has 0 aromatic heterocycles. The fraction of sp³-hybridized carbons (Fsp3) is 0.462. The van der Waals surface area contributed by atoms with E-state index in [9.17, 15) is 9.59 Å². The lowest BCUT2D eigenvalue weighted by atomic mass is 9.73. The SMILES string of the molecule is CC[C@@H]1[C@H](c2ccc(Br)cc2)[C@@H]2CN(C(=O)Nc3ccc(OC)cc3)CCC(OC(C)=O)CN12. The molecule has 2 saturated heterocycles. The molecule has 2 aliphatic rings. The first-order chi connectivity index (χ1) is 16.4. The van der Waals surface area contributed by atoms with Crippen molar-refractivity contribution in [2.45, 2.75) is 50.8 Å². The van der Waals surface area contributed by atoms with E-state index in [0.717, 1.165) is 16.6 Å². The number of fused-ring (bicyclic) bond motifs is 1. The maximum atomic E-state index is 13.3. The highest BCUT2D eigenvalue weighted by Gasteiger charge is 2.50. The second-order valence-electron chi connectivity index (χ2n) is 8.94. The number of nitrogens with one attached hydrogen (secondary N) is 1. The van der Waals surface area contributed by atoms with Crippen molar-refractivity contribution < 1.29 is 19.1 Å². The zero-order chi connectivity index (χ0) is 24.2. The average Bonchev–Trinajstić information content (AvgIpc) is 2.81. The number of carbonyl (C=O) groups is 2. The molecule has 2 fully saturated rings. The second kappa shape index (κ2) is 10.8. The predicted molar refractivity (Wildman–Crippen MR) is 135 cm³/mol. The van der Waals surface area contributed by atoms with Gasteiger partial charge < -0.3 is 19.7 Å². The Morgan fingerprint density at radius 2 is 1.79 bits per heavy atom. The minimum Gasteiger partial charge on any atom is -0.497 e. The van der Waals surface area contributed by atoms with Gasteiger partial charge in [0.25, 0.3) is 0 Å². The molecule has 2 amide bonds. The Bertz CT molecular complexity index is 998. The molecule has 0 aliphatic carbocycles. The smallest absolute Gasteiger partial charge is 0.321 e. The normalized spacial score (nSPS) is 24.8. The summed E-state index contributed by atoms with van der Waals surface area (Å²) in [5.74, 6) is 0.765. The Balaban J connectivity index is 1.56. The van der Waals surface area contributed by atoms with Crippen molar-refractivity contribution >= 4 is 33.6 Å². The molecule has 34 heavy (non-hydrogen) atoms. The zero-order valence-electron chi connectivity index (χ0n) is 19.9. The van der Waals surface area contributed by atoms with Gasteiger partial charge in [0.1, 0.15) is 11.9 Å². The highest BCUT2D eigenvalue weighted by atomic mass is 79.9. The van der Waals surface area contributed by atoms with Gasteiger partial charge in [0, 0.05) is 61.1 Å². The summed E-state index contributed by atoms with van der Waals surface area (Å²) in [7, 11) is 1.61. The number of esters is 1. The molecule has 8 heteroatoms. The summed E-state index contributed by atoms with van der Waals surface area (Å²) in [6.45, 7) is 5.48. The lowest BCUT2D eigenvalue weighted by molar-refractivity contribution is -0.152. The van der Waals surface area contributed by atoms with Crippen molar-refractivity contribution in [1.29, 1.82) is 0 Å². The third-order valence-corrected chi connectivity index (χ3v) is 7.39. The van der Waals surface area contributed by atoms with Gasteiger partial charge in [-0.05, 0) is 48.4 Å². The summed E-state index contributed by atoms with van der Waals surface area (Å²) >= 11 is 3.53. The van der Waals surface area contributed by atoms with Crippen LogP contribution in [0.15, 0.2) is 53.0 Å². The van der Waals surface area contributed by atoms with Crippen LogP contribution in [-0.4, -0.2) is 66.7 Å². The van der Waals surface area contributed by atoms with Crippen molar-refractivity contribution in [2.75, 3.05) is 32.1 Å². The molecule has 182 valence electrons. The van der Waals surface area contributed by atoms with Crippen LogP contribution in [0.4, 0.5) is 10.5 Å². The molecule has 2 aromatic carbocycles. The minimum absolute atomic E-state index is 0.150. The molecule has 2 heterocycles. The third-order valence-electron chi connectivity index (χ3n) is 6.86. The van der Waals surface area contributed by atoms with Crippen molar-refractivity contribution in [3.05, 3.63) is 58.6 Å². The first-order valence-electron chi connectivity index (χ1n) is 11.8. The summed E-state index contributed by atoms with van der Waals surface area (Å²) in [5, 5.41) is 3.01. The fourth-order valence-corrected chi connectivity index (χ4v) is 5.52. The Kier molecular flexibility index (Phi) is 7.78. The molecular weight excluding hydrogens is 498 g/mol. The number of hydrogen-bond donors (Lipinski definition) is 1. The second-order valence-corrected chi connectivity index (χ2v) is 9.86. The molecule has 0 bridgehead atoms. The number of hydrogen-bond acceptors (Lipinski definition) is 5. The molecule has 1 N–H and O–H groups in total. The van der Waals surface area contributed by atoms with Gasteiger partial charge in [-0.25, -0.2) is 4.79 Å². The molecule has 0 radical (unpaired) electrons. The third kappa shape index (κ3) is 5.39. The number of halogens is 1. The molecule has 4 rings (SSSR count). The van der Waals surface area contributed by atoms with Crippen LogP contribution < -0.4 is 10.1 Å². The first-order valence-corrected chi connectivity index (χ1v) is 12.6. The minimum atomic E-state index is -0.283. The lowest BCUT2D eigenvalue weighted by Gasteiger charge is -2.58. The molecule has 2 aromatic rings. The average molecular weight is 530 g/mol. The fourth-order valence-electron chi connectivity index (χ4n) is 5.26. The summed E-state index contributed by atoms with van der Waals surface area (Å²) in [5.41, 5.74) is 1.99. The molecule has 1 unspecified atom stereocenters. The number of rotatable bonds is 5. The maximum Gasteiger partial charge on any atom is 0.321 e. The van der Waals surface area contributed by atoms with Gasteiger partial charge in [-0.15, -0.1) is 0 Å².